The van der Waals surface area contributed by atoms with Crippen LogP contribution in [-0.2, 0) is 26.5 Å². The molecule has 320 valence electrons. The number of benzene rings is 6. The lowest BCUT2D eigenvalue weighted by Crippen LogP contribution is -2.37. The first kappa shape index (κ1) is 44.4. The fourth-order valence-electron chi connectivity index (χ4n) is 9.92. The van der Waals surface area contributed by atoms with Crippen molar-refractivity contribution in [2.45, 2.75) is 101 Å². The van der Waals surface area contributed by atoms with Gasteiger partial charge in [-0.25, -0.2) is 8.78 Å². The Morgan fingerprint density at radius 2 is 1.11 bits per heavy atom. The zero-order valence-electron chi connectivity index (χ0n) is 36.5. The van der Waals surface area contributed by atoms with E-state index in [1.54, 1.807) is 12.1 Å². The lowest BCUT2D eigenvalue weighted by Gasteiger charge is -2.38. The van der Waals surface area contributed by atoms with Crippen molar-refractivity contribution in [1.29, 1.82) is 0 Å². The van der Waals surface area contributed by atoms with Crippen LogP contribution in [0.25, 0.3) is 11.1 Å². The molecule has 62 heavy (non-hydrogen) atoms. The summed E-state index contributed by atoms with van der Waals surface area (Å²) in [5.74, 6) is -2.51. The molecule has 0 aliphatic heterocycles. The molecule has 1 saturated carbocycles. The summed E-state index contributed by atoms with van der Waals surface area (Å²) in [7, 11) is 0. The number of hydrogen-bond donors (Lipinski definition) is 1. The first-order chi connectivity index (χ1) is 30.0. The number of ether oxygens (including phenoxy) is 1. The van der Waals surface area contributed by atoms with Crippen LogP contribution in [0.1, 0.15) is 128 Å². The number of alkyl halides is 2. The van der Waals surface area contributed by atoms with Gasteiger partial charge in [0.2, 0.25) is 0 Å². The molecule has 0 amide bonds. The van der Waals surface area contributed by atoms with Gasteiger partial charge in [0.05, 0.1) is 6.61 Å². The molecule has 0 saturated heterocycles. The maximum absolute atomic E-state index is 15.0. The number of carbonyl (C=O) groups excluding carboxylic acids is 1. The maximum atomic E-state index is 15.0. The highest BCUT2D eigenvalue weighted by atomic mass is 19.3. The molecule has 6 aromatic carbocycles. The molecule has 2 aliphatic rings. The van der Waals surface area contributed by atoms with E-state index in [0.717, 1.165) is 35.6 Å². The fraction of sp³-hybridized carbons (Fsp3) is 0.316. The summed E-state index contributed by atoms with van der Waals surface area (Å²) in [4.78, 5) is 15.0. The highest BCUT2D eigenvalue weighted by Gasteiger charge is 2.40. The number of carbonyl (C=O) groups is 1. The van der Waals surface area contributed by atoms with Crippen LogP contribution in [0.15, 0.2) is 171 Å². The van der Waals surface area contributed by atoms with Gasteiger partial charge in [0, 0.05) is 30.7 Å². The summed E-state index contributed by atoms with van der Waals surface area (Å²) >= 11 is 0. The molecule has 6 aromatic rings. The van der Waals surface area contributed by atoms with E-state index >= 15 is 4.79 Å². The number of hydrogen-bond acceptors (Lipinski definition) is 3. The summed E-state index contributed by atoms with van der Waals surface area (Å²) in [6.07, 6.45) is 9.23. The Balaban J connectivity index is 0.00000187. The summed E-state index contributed by atoms with van der Waals surface area (Å²) in [5.41, 5.74) is 13.4. The van der Waals surface area contributed by atoms with Crippen molar-refractivity contribution in [1.82, 2.24) is 0 Å². The monoisotopic (exact) mass is 829 g/mol. The Bertz CT molecular complexity index is 2290. The third kappa shape index (κ3) is 9.69. The number of nitrogens with two attached hydrogens (primary N) is 1. The van der Waals surface area contributed by atoms with Crippen molar-refractivity contribution in [2.75, 3.05) is 6.61 Å². The van der Waals surface area contributed by atoms with Crippen LogP contribution < -0.4 is 5.73 Å². The third-order valence-electron chi connectivity index (χ3n) is 13.3. The largest absolute Gasteiger partial charge is 0.405 e. The molecule has 3 nitrogen and oxygen atoms in total. The van der Waals surface area contributed by atoms with Crippen molar-refractivity contribution in [3.05, 3.63) is 215 Å². The SMILES string of the molecule is C=CN.CC(F)(F)c1ccc(C(C)(C)CC(=O)C(CCC2c3ccccc3-c3ccccc32)COC(c2ccccc2)(c2ccccc2)c2ccc(C3CCCCC3)cc2)cc1. The second kappa shape index (κ2) is 19.6. The van der Waals surface area contributed by atoms with Crippen LogP contribution in [0.3, 0.4) is 0 Å². The predicted octanol–water partition coefficient (Wildman–Crippen LogP) is 14.4. The van der Waals surface area contributed by atoms with Crippen LogP contribution in [0, 0.1) is 5.92 Å². The predicted molar refractivity (Wildman–Crippen MR) is 250 cm³/mol. The average Bonchev–Trinajstić information content (AvgIpc) is 3.62. The number of fused-ring (bicyclic) bond motifs is 3. The van der Waals surface area contributed by atoms with Gasteiger partial charge in [-0.15, -0.1) is 0 Å². The molecule has 0 radical (unpaired) electrons. The van der Waals surface area contributed by atoms with Crippen molar-refractivity contribution in [3.8, 4) is 11.1 Å². The number of halogens is 2. The highest BCUT2D eigenvalue weighted by molar-refractivity contribution is 5.83. The minimum atomic E-state index is -2.93. The lowest BCUT2D eigenvalue weighted by molar-refractivity contribution is -0.128. The van der Waals surface area contributed by atoms with Crippen LogP contribution >= 0.6 is 0 Å². The van der Waals surface area contributed by atoms with Gasteiger partial charge in [0.25, 0.3) is 5.92 Å². The molecule has 1 fully saturated rings. The van der Waals surface area contributed by atoms with E-state index in [1.165, 1.54) is 78.3 Å². The summed E-state index contributed by atoms with van der Waals surface area (Å²) < 4.78 is 35.8. The van der Waals surface area contributed by atoms with Gasteiger partial charge in [-0.3, -0.25) is 4.79 Å². The van der Waals surface area contributed by atoms with Gasteiger partial charge < -0.3 is 10.5 Å². The zero-order valence-corrected chi connectivity index (χ0v) is 36.5. The molecule has 2 N–H and O–H groups in total. The number of ketones is 1. The molecule has 0 aromatic heterocycles. The van der Waals surface area contributed by atoms with Gasteiger partial charge in [-0.05, 0) is 93.3 Å². The van der Waals surface area contributed by atoms with Crippen LogP contribution in [-0.4, -0.2) is 12.4 Å². The van der Waals surface area contributed by atoms with Gasteiger partial charge >= 0.3 is 0 Å². The standard InChI is InChI=1S/C55H56F2O2.C2H5N/c1-53(2,42-32-34-43(35-33-42)54(3,56)57)37-52(58)41(29-36-51-49-25-15-13-23-47(49)48-24-14-16-26-50(48)51)38-59-55(44-19-9-5-10-20-44,45-21-11-6-12-22-45)46-30-27-40(28-31-46)39-17-7-4-8-18-39;1-2-3/h5-6,9-16,19-28,30-35,39,41,51H,4,7-8,17-18,29,36-38H2,1-3H3;2H,1,3H2. The number of rotatable bonds is 15. The second-order valence-electron chi connectivity index (χ2n) is 17.9. The van der Waals surface area contributed by atoms with Crippen LogP contribution in [0.5, 0.6) is 0 Å². The minimum Gasteiger partial charge on any atom is -0.405 e. The second-order valence-corrected chi connectivity index (χ2v) is 17.9. The van der Waals surface area contributed by atoms with Crippen molar-refractivity contribution in [3.63, 3.8) is 0 Å². The zero-order chi connectivity index (χ0) is 43.7. The Labute approximate surface area is 368 Å². The summed E-state index contributed by atoms with van der Waals surface area (Å²) in [5, 5.41) is 0. The summed E-state index contributed by atoms with van der Waals surface area (Å²) in [6.45, 7) is 8.34. The maximum Gasteiger partial charge on any atom is 0.270 e. The van der Waals surface area contributed by atoms with E-state index in [1.807, 2.05) is 26.0 Å². The van der Waals surface area contributed by atoms with Crippen molar-refractivity contribution < 1.29 is 18.3 Å². The van der Waals surface area contributed by atoms with E-state index in [0.29, 0.717) is 12.3 Å². The van der Waals surface area contributed by atoms with E-state index in [9.17, 15) is 8.78 Å². The van der Waals surface area contributed by atoms with Crippen LogP contribution in [0.4, 0.5) is 8.78 Å². The Kier molecular flexibility index (Phi) is 14.0. The molecule has 0 heterocycles. The average molecular weight is 830 g/mol. The molecule has 0 bridgehead atoms. The van der Waals surface area contributed by atoms with Crippen molar-refractivity contribution in [2.24, 2.45) is 11.7 Å². The first-order valence-corrected chi connectivity index (χ1v) is 22.3. The topological polar surface area (TPSA) is 52.3 Å². The fourth-order valence-corrected chi connectivity index (χ4v) is 9.92. The van der Waals surface area contributed by atoms with E-state index in [2.05, 4.69) is 134 Å². The van der Waals surface area contributed by atoms with E-state index in [-0.39, 0.29) is 30.3 Å². The van der Waals surface area contributed by atoms with Crippen molar-refractivity contribution >= 4 is 5.78 Å². The van der Waals surface area contributed by atoms with Crippen LogP contribution in [0.2, 0.25) is 0 Å². The first-order valence-electron chi connectivity index (χ1n) is 22.3. The van der Waals surface area contributed by atoms with Gasteiger partial charge in [-0.2, -0.15) is 0 Å². The quantitative estimate of drug-likeness (QED) is 0.105. The lowest BCUT2D eigenvalue weighted by atomic mass is 9.76. The molecule has 8 rings (SSSR count). The van der Waals surface area contributed by atoms with Gasteiger partial charge in [-0.1, -0.05) is 197 Å². The Hall–Kier alpha value is -5.65. The van der Waals surface area contributed by atoms with Gasteiger partial charge in [0.15, 0.2) is 0 Å². The number of Topliss-reactive ketones (excluding diaryl/α,β-unsaturated/α-hetero) is 1. The Morgan fingerprint density at radius 3 is 1.63 bits per heavy atom. The van der Waals surface area contributed by atoms with E-state index < -0.39 is 22.9 Å². The molecule has 0 spiro atoms. The smallest absolute Gasteiger partial charge is 0.270 e. The normalized spacial score (nSPS) is 14.9. The highest BCUT2D eigenvalue weighted by Crippen LogP contribution is 2.48. The van der Waals surface area contributed by atoms with Gasteiger partial charge in [0.1, 0.15) is 11.4 Å². The molecular weight excluding hydrogens is 769 g/mol. The molecule has 2 aliphatic carbocycles. The molecule has 1 unspecified atom stereocenters. The minimum absolute atomic E-state index is 0.0308. The van der Waals surface area contributed by atoms with E-state index in [4.69, 9.17) is 4.74 Å². The Morgan fingerprint density at radius 1 is 0.661 bits per heavy atom. The molecule has 1 atom stereocenters. The summed E-state index contributed by atoms with van der Waals surface area (Å²) in [6, 6.07) is 53.7. The third-order valence-corrected chi connectivity index (χ3v) is 13.3. The molecular formula is C57H61F2NO2. The molecule has 5 heteroatoms.